The summed E-state index contributed by atoms with van der Waals surface area (Å²) in [6.45, 7) is 6.41. The molecule has 0 spiro atoms. The van der Waals surface area contributed by atoms with Crippen molar-refractivity contribution < 1.29 is 0 Å². The molecule has 0 saturated carbocycles. The summed E-state index contributed by atoms with van der Waals surface area (Å²) in [5.41, 5.74) is 4.07. The first-order valence-electron chi connectivity index (χ1n) is 8.88. The Hall–Kier alpha value is -2.41. The van der Waals surface area contributed by atoms with Crippen LogP contribution < -0.4 is 10.2 Å². The SMILES string of the molecule is CC(C)c1cnnc(Nc2ccc3ncc(N4CCSCC4)cc3n2)c1. The van der Waals surface area contributed by atoms with E-state index in [1.54, 1.807) is 6.20 Å². The highest BCUT2D eigenvalue weighted by molar-refractivity contribution is 7.99. The van der Waals surface area contributed by atoms with Crippen LogP contribution in [0.4, 0.5) is 17.3 Å². The van der Waals surface area contributed by atoms with Crippen molar-refractivity contribution in [2.45, 2.75) is 19.8 Å². The molecule has 0 radical (unpaired) electrons. The minimum atomic E-state index is 0.407. The van der Waals surface area contributed by atoms with Gasteiger partial charge in [0.15, 0.2) is 5.82 Å². The van der Waals surface area contributed by atoms with Crippen LogP contribution in [0.15, 0.2) is 36.7 Å². The fraction of sp³-hybridized carbons (Fsp3) is 0.368. The first kappa shape index (κ1) is 17.0. The van der Waals surface area contributed by atoms with E-state index in [0.29, 0.717) is 11.7 Å². The zero-order valence-corrected chi connectivity index (χ0v) is 15.8. The molecule has 4 heterocycles. The average molecular weight is 366 g/mol. The van der Waals surface area contributed by atoms with Gasteiger partial charge in [0.2, 0.25) is 0 Å². The molecule has 1 aliphatic rings. The molecule has 134 valence electrons. The minimum absolute atomic E-state index is 0.407. The van der Waals surface area contributed by atoms with Crippen molar-refractivity contribution in [1.82, 2.24) is 20.2 Å². The quantitative estimate of drug-likeness (QED) is 0.752. The number of fused-ring (bicyclic) bond motifs is 1. The molecule has 3 aromatic heterocycles. The average Bonchev–Trinajstić information content (AvgIpc) is 2.68. The van der Waals surface area contributed by atoms with Gasteiger partial charge >= 0.3 is 0 Å². The second kappa shape index (κ2) is 7.45. The van der Waals surface area contributed by atoms with Crippen molar-refractivity contribution in [2.75, 3.05) is 34.8 Å². The Balaban J connectivity index is 1.60. The predicted molar refractivity (Wildman–Crippen MR) is 108 cm³/mol. The second-order valence-corrected chi connectivity index (χ2v) is 7.91. The standard InChI is InChI=1S/C19H22N6S/c1-13(2)14-9-19(24-21-11-14)23-18-4-3-16-17(22-18)10-15(12-20-16)25-5-7-26-8-6-25/h3-4,9-13H,5-8H2,1-2H3,(H,22,23,24). The van der Waals surface area contributed by atoms with Crippen molar-refractivity contribution in [3.05, 3.63) is 42.2 Å². The molecule has 0 aliphatic carbocycles. The molecule has 7 heteroatoms. The molecule has 0 unspecified atom stereocenters. The Bertz CT molecular complexity index is 907. The number of hydrogen-bond acceptors (Lipinski definition) is 7. The van der Waals surface area contributed by atoms with Crippen LogP contribution in [0.2, 0.25) is 0 Å². The molecule has 0 bridgehead atoms. The molecule has 0 amide bonds. The second-order valence-electron chi connectivity index (χ2n) is 6.68. The highest BCUT2D eigenvalue weighted by Crippen LogP contribution is 2.24. The Morgan fingerprint density at radius 3 is 2.69 bits per heavy atom. The van der Waals surface area contributed by atoms with E-state index in [0.717, 1.165) is 52.7 Å². The number of aromatic nitrogens is 4. The van der Waals surface area contributed by atoms with Crippen LogP contribution >= 0.6 is 11.8 Å². The first-order valence-corrected chi connectivity index (χ1v) is 10.0. The van der Waals surface area contributed by atoms with E-state index in [2.05, 4.69) is 45.3 Å². The number of thioether (sulfide) groups is 1. The molecular formula is C19H22N6S. The van der Waals surface area contributed by atoms with Gasteiger partial charge in [-0.1, -0.05) is 13.8 Å². The maximum Gasteiger partial charge on any atom is 0.154 e. The largest absolute Gasteiger partial charge is 0.369 e. The van der Waals surface area contributed by atoms with Gasteiger partial charge in [-0.15, -0.1) is 5.10 Å². The molecule has 6 nitrogen and oxygen atoms in total. The van der Waals surface area contributed by atoms with Gasteiger partial charge in [0.25, 0.3) is 0 Å². The van der Waals surface area contributed by atoms with Gasteiger partial charge in [0.05, 0.1) is 29.1 Å². The summed E-state index contributed by atoms with van der Waals surface area (Å²) in [7, 11) is 0. The zero-order chi connectivity index (χ0) is 17.9. The molecule has 3 aromatic rings. The summed E-state index contributed by atoms with van der Waals surface area (Å²) in [5.74, 6) is 4.20. The molecule has 1 N–H and O–H groups in total. The maximum absolute atomic E-state index is 4.73. The maximum atomic E-state index is 4.73. The van der Waals surface area contributed by atoms with Gasteiger partial charge in [-0.25, -0.2) is 4.98 Å². The van der Waals surface area contributed by atoms with Gasteiger partial charge in [-0.2, -0.15) is 16.9 Å². The molecule has 26 heavy (non-hydrogen) atoms. The number of rotatable bonds is 4. The normalized spacial score (nSPS) is 14.8. The summed E-state index contributed by atoms with van der Waals surface area (Å²) in [5, 5.41) is 11.5. The zero-order valence-electron chi connectivity index (χ0n) is 15.0. The summed E-state index contributed by atoms with van der Waals surface area (Å²) in [6.07, 6.45) is 3.75. The van der Waals surface area contributed by atoms with E-state index in [-0.39, 0.29) is 0 Å². The van der Waals surface area contributed by atoms with Crippen molar-refractivity contribution in [3.8, 4) is 0 Å². The number of pyridine rings is 2. The molecule has 0 aromatic carbocycles. The van der Waals surface area contributed by atoms with E-state index in [1.807, 2.05) is 36.2 Å². The van der Waals surface area contributed by atoms with Gasteiger partial charge in [-0.3, -0.25) is 4.98 Å². The number of hydrogen-bond donors (Lipinski definition) is 1. The van der Waals surface area contributed by atoms with E-state index in [4.69, 9.17) is 4.98 Å². The third kappa shape index (κ3) is 3.72. The fourth-order valence-corrected chi connectivity index (χ4v) is 3.85. The summed E-state index contributed by atoms with van der Waals surface area (Å²) in [6, 6.07) is 8.06. The summed E-state index contributed by atoms with van der Waals surface area (Å²) >= 11 is 2.00. The Kier molecular flexibility index (Phi) is 4.88. The smallest absolute Gasteiger partial charge is 0.154 e. The Morgan fingerprint density at radius 1 is 1.04 bits per heavy atom. The monoisotopic (exact) mass is 366 g/mol. The van der Waals surface area contributed by atoms with Crippen molar-refractivity contribution in [2.24, 2.45) is 0 Å². The lowest BCUT2D eigenvalue weighted by Crippen LogP contribution is -2.32. The lowest BCUT2D eigenvalue weighted by atomic mass is 10.1. The molecule has 1 fully saturated rings. The topological polar surface area (TPSA) is 66.8 Å². The summed E-state index contributed by atoms with van der Waals surface area (Å²) < 4.78 is 0. The Labute approximate surface area is 157 Å². The van der Waals surface area contributed by atoms with Crippen LogP contribution in [0.3, 0.4) is 0 Å². The van der Waals surface area contributed by atoms with Gasteiger partial charge in [0, 0.05) is 24.6 Å². The van der Waals surface area contributed by atoms with E-state index >= 15 is 0 Å². The highest BCUT2D eigenvalue weighted by Gasteiger charge is 2.12. The van der Waals surface area contributed by atoms with Gasteiger partial charge in [0.1, 0.15) is 5.82 Å². The molecule has 1 saturated heterocycles. The van der Waals surface area contributed by atoms with E-state index in [9.17, 15) is 0 Å². The fourth-order valence-electron chi connectivity index (χ4n) is 2.95. The van der Waals surface area contributed by atoms with Crippen LogP contribution in [0.1, 0.15) is 25.3 Å². The molecule has 1 aliphatic heterocycles. The summed E-state index contributed by atoms with van der Waals surface area (Å²) in [4.78, 5) is 11.7. The van der Waals surface area contributed by atoms with Gasteiger partial charge < -0.3 is 10.2 Å². The van der Waals surface area contributed by atoms with Crippen molar-refractivity contribution >= 4 is 40.1 Å². The van der Waals surface area contributed by atoms with Crippen LogP contribution in [-0.4, -0.2) is 44.8 Å². The number of nitrogens with zero attached hydrogens (tertiary/aromatic N) is 5. The minimum Gasteiger partial charge on any atom is -0.369 e. The lowest BCUT2D eigenvalue weighted by molar-refractivity contribution is 0.843. The van der Waals surface area contributed by atoms with Crippen molar-refractivity contribution in [1.29, 1.82) is 0 Å². The number of anilines is 3. The van der Waals surface area contributed by atoms with Crippen LogP contribution in [0.5, 0.6) is 0 Å². The van der Waals surface area contributed by atoms with Crippen LogP contribution in [-0.2, 0) is 0 Å². The first-order chi connectivity index (χ1) is 12.7. The van der Waals surface area contributed by atoms with Crippen molar-refractivity contribution in [3.63, 3.8) is 0 Å². The molecule has 4 rings (SSSR count). The molecular weight excluding hydrogens is 344 g/mol. The lowest BCUT2D eigenvalue weighted by Gasteiger charge is -2.28. The third-order valence-corrected chi connectivity index (χ3v) is 5.44. The van der Waals surface area contributed by atoms with E-state index < -0.39 is 0 Å². The number of nitrogens with one attached hydrogen (secondary N) is 1. The third-order valence-electron chi connectivity index (χ3n) is 4.50. The molecule has 0 atom stereocenters. The van der Waals surface area contributed by atoms with Gasteiger partial charge in [-0.05, 0) is 35.7 Å². The van der Waals surface area contributed by atoms with Crippen LogP contribution in [0.25, 0.3) is 11.0 Å². The van der Waals surface area contributed by atoms with E-state index in [1.165, 1.54) is 0 Å². The van der Waals surface area contributed by atoms with Crippen LogP contribution in [0, 0.1) is 0 Å². The highest BCUT2D eigenvalue weighted by atomic mass is 32.2. The predicted octanol–water partition coefficient (Wildman–Crippen LogP) is 3.84. The Morgan fingerprint density at radius 2 is 1.88 bits per heavy atom.